The van der Waals surface area contributed by atoms with Crippen LogP contribution in [-0.2, 0) is 9.53 Å². The van der Waals surface area contributed by atoms with Crippen LogP contribution in [0.3, 0.4) is 0 Å². The first-order valence-corrected chi connectivity index (χ1v) is 7.35. The van der Waals surface area contributed by atoms with Gasteiger partial charge in [0, 0.05) is 17.8 Å². The molecule has 0 aliphatic heterocycles. The maximum atomic E-state index is 12.8. The zero-order valence-corrected chi connectivity index (χ0v) is 13.8. The molecule has 0 aromatic heterocycles. The van der Waals surface area contributed by atoms with Gasteiger partial charge in [0.2, 0.25) is 0 Å². The third kappa shape index (κ3) is 4.81. The largest absolute Gasteiger partial charge is 0.452 e. The minimum absolute atomic E-state index is 0.212. The highest BCUT2D eigenvalue weighted by molar-refractivity contribution is 5.96. The van der Waals surface area contributed by atoms with Crippen molar-refractivity contribution in [2.75, 3.05) is 11.9 Å². The normalized spacial score (nSPS) is 10.1. The number of nitrogens with zero attached hydrogens (tertiary/aromatic N) is 2. The number of rotatable bonds is 6. The molecule has 11 heteroatoms. The molecule has 10 nitrogen and oxygen atoms in total. The summed E-state index contributed by atoms with van der Waals surface area (Å²) >= 11 is 0. The van der Waals surface area contributed by atoms with Gasteiger partial charge in [0.25, 0.3) is 17.3 Å². The summed E-state index contributed by atoms with van der Waals surface area (Å²) in [6, 6.07) is 6.49. The second-order valence-electron chi connectivity index (χ2n) is 5.28. The summed E-state index contributed by atoms with van der Waals surface area (Å²) < 4.78 is 17.5. The molecule has 140 valence electrons. The van der Waals surface area contributed by atoms with Gasteiger partial charge >= 0.3 is 5.97 Å². The lowest BCUT2D eigenvalue weighted by molar-refractivity contribution is -0.395. The van der Waals surface area contributed by atoms with E-state index in [0.717, 1.165) is 24.3 Å². The molecule has 0 bridgehead atoms. The van der Waals surface area contributed by atoms with Gasteiger partial charge in [-0.15, -0.1) is 0 Å². The van der Waals surface area contributed by atoms with Crippen LogP contribution in [0.4, 0.5) is 21.5 Å². The van der Waals surface area contributed by atoms with Gasteiger partial charge in [-0.3, -0.25) is 25.0 Å². The average Bonchev–Trinajstić information content (AvgIpc) is 2.61. The Kier molecular flexibility index (Phi) is 5.75. The predicted octanol–water partition coefficient (Wildman–Crippen LogP) is 2.75. The quantitative estimate of drug-likeness (QED) is 0.463. The fraction of sp³-hybridized carbons (Fsp3) is 0.125. The number of carbonyl (C=O) groups excluding carboxylic acids is 2. The molecule has 2 aromatic rings. The van der Waals surface area contributed by atoms with Gasteiger partial charge in [0.05, 0.1) is 15.4 Å². The number of nitrogens with one attached hydrogen (secondary N) is 1. The van der Waals surface area contributed by atoms with E-state index in [0.29, 0.717) is 0 Å². The van der Waals surface area contributed by atoms with Crippen LogP contribution in [0.15, 0.2) is 36.4 Å². The molecule has 0 aliphatic rings. The smallest absolute Gasteiger partial charge is 0.339 e. The lowest BCUT2D eigenvalue weighted by Gasteiger charge is -2.07. The lowest BCUT2D eigenvalue weighted by Crippen LogP contribution is -2.21. The number of carbonyl (C=O) groups is 2. The van der Waals surface area contributed by atoms with Crippen molar-refractivity contribution < 1.29 is 28.6 Å². The average molecular weight is 377 g/mol. The Hall–Kier alpha value is -3.89. The molecule has 0 radical (unpaired) electrons. The summed E-state index contributed by atoms with van der Waals surface area (Å²) in [5, 5.41) is 24.4. The topological polar surface area (TPSA) is 142 Å². The third-order valence-corrected chi connectivity index (χ3v) is 3.44. The highest BCUT2D eigenvalue weighted by Crippen LogP contribution is 2.29. The van der Waals surface area contributed by atoms with E-state index >= 15 is 0 Å². The number of benzene rings is 2. The van der Waals surface area contributed by atoms with E-state index in [-0.39, 0.29) is 11.3 Å². The SMILES string of the molecule is Cc1c([N+](=O)[O-])cc(C(=O)OCC(=O)Nc2ccc(F)cc2)cc1[N+](=O)[O-]. The van der Waals surface area contributed by atoms with Crippen molar-refractivity contribution in [2.24, 2.45) is 0 Å². The molecule has 0 unspecified atom stereocenters. The fourth-order valence-electron chi connectivity index (χ4n) is 2.13. The molecule has 1 amide bonds. The summed E-state index contributed by atoms with van der Waals surface area (Å²) in [6.45, 7) is 0.438. The Bertz CT molecular complexity index is 893. The predicted molar refractivity (Wildman–Crippen MR) is 89.8 cm³/mol. The van der Waals surface area contributed by atoms with Gasteiger partial charge in [-0.1, -0.05) is 0 Å². The lowest BCUT2D eigenvalue weighted by atomic mass is 10.1. The van der Waals surface area contributed by atoms with E-state index in [1.165, 1.54) is 19.1 Å². The number of amides is 1. The second kappa shape index (κ2) is 7.99. The monoisotopic (exact) mass is 377 g/mol. The molecule has 0 fully saturated rings. The van der Waals surface area contributed by atoms with Crippen molar-refractivity contribution >= 4 is 28.9 Å². The fourth-order valence-corrected chi connectivity index (χ4v) is 2.13. The number of ether oxygens (including phenoxy) is 1. The zero-order chi connectivity index (χ0) is 20.1. The molecule has 0 heterocycles. The first-order chi connectivity index (χ1) is 12.7. The van der Waals surface area contributed by atoms with E-state index < -0.39 is 51.1 Å². The van der Waals surface area contributed by atoms with Crippen LogP contribution in [0.25, 0.3) is 0 Å². The molecule has 0 atom stereocenters. The minimum atomic E-state index is -1.14. The van der Waals surface area contributed by atoms with Gasteiger partial charge in [0.1, 0.15) is 11.4 Å². The van der Waals surface area contributed by atoms with Crippen molar-refractivity contribution in [3.63, 3.8) is 0 Å². The van der Waals surface area contributed by atoms with Crippen molar-refractivity contribution in [3.05, 3.63) is 73.6 Å². The van der Waals surface area contributed by atoms with Crippen LogP contribution in [-0.4, -0.2) is 28.3 Å². The van der Waals surface area contributed by atoms with Gasteiger partial charge in [0.15, 0.2) is 6.61 Å². The Morgan fingerprint density at radius 2 is 1.59 bits per heavy atom. The minimum Gasteiger partial charge on any atom is -0.452 e. The van der Waals surface area contributed by atoms with E-state index in [2.05, 4.69) is 5.32 Å². The van der Waals surface area contributed by atoms with Crippen molar-refractivity contribution in [3.8, 4) is 0 Å². The van der Waals surface area contributed by atoms with Gasteiger partial charge in [-0.25, -0.2) is 9.18 Å². The first-order valence-electron chi connectivity index (χ1n) is 7.35. The van der Waals surface area contributed by atoms with E-state index in [9.17, 15) is 34.2 Å². The van der Waals surface area contributed by atoms with Crippen LogP contribution in [0.1, 0.15) is 15.9 Å². The third-order valence-electron chi connectivity index (χ3n) is 3.44. The van der Waals surface area contributed by atoms with Crippen LogP contribution >= 0.6 is 0 Å². The number of anilines is 1. The summed E-state index contributed by atoms with van der Waals surface area (Å²) in [5.41, 5.74) is -1.62. The Balaban J connectivity index is 2.11. The summed E-state index contributed by atoms with van der Waals surface area (Å²) in [4.78, 5) is 44.0. The number of nitro benzene ring substituents is 2. The Morgan fingerprint density at radius 3 is 2.07 bits per heavy atom. The zero-order valence-electron chi connectivity index (χ0n) is 13.8. The van der Waals surface area contributed by atoms with E-state index in [1.54, 1.807) is 0 Å². The van der Waals surface area contributed by atoms with Gasteiger partial charge in [-0.05, 0) is 31.2 Å². The van der Waals surface area contributed by atoms with E-state index in [1.807, 2.05) is 0 Å². The molecule has 0 aliphatic carbocycles. The van der Waals surface area contributed by atoms with E-state index in [4.69, 9.17) is 4.74 Å². The van der Waals surface area contributed by atoms with Crippen LogP contribution < -0.4 is 5.32 Å². The summed E-state index contributed by atoms with van der Waals surface area (Å²) in [6.07, 6.45) is 0. The van der Waals surface area contributed by atoms with Crippen LogP contribution in [0, 0.1) is 33.0 Å². The molecule has 0 spiro atoms. The van der Waals surface area contributed by atoms with Crippen molar-refractivity contribution in [2.45, 2.75) is 6.92 Å². The molecular weight excluding hydrogens is 365 g/mol. The summed E-state index contributed by atoms with van der Waals surface area (Å²) in [5.74, 6) is -2.39. The number of hydrogen-bond acceptors (Lipinski definition) is 7. The number of halogens is 1. The Labute approximate surface area is 150 Å². The molecule has 0 saturated carbocycles. The van der Waals surface area contributed by atoms with Crippen LogP contribution in [0.2, 0.25) is 0 Å². The van der Waals surface area contributed by atoms with Crippen molar-refractivity contribution in [1.29, 1.82) is 0 Å². The molecule has 2 rings (SSSR count). The maximum absolute atomic E-state index is 12.8. The molecule has 2 aromatic carbocycles. The number of esters is 1. The first kappa shape index (κ1) is 19.4. The standard InChI is InChI=1S/C16H12FN3O7/c1-9-13(19(23)24)6-10(7-14(9)20(25)26)16(22)27-8-15(21)18-12-4-2-11(17)3-5-12/h2-7H,8H2,1H3,(H,18,21). The maximum Gasteiger partial charge on any atom is 0.339 e. The van der Waals surface area contributed by atoms with Gasteiger partial charge in [-0.2, -0.15) is 0 Å². The Morgan fingerprint density at radius 1 is 1.07 bits per heavy atom. The second-order valence-corrected chi connectivity index (χ2v) is 5.28. The number of hydrogen-bond donors (Lipinski definition) is 1. The number of nitro groups is 2. The molecule has 27 heavy (non-hydrogen) atoms. The summed E-state index contributed by atoms with van der Waals surface area (Å²) in [7, 11) is 0. The molecule has 0 saturated heterocycles. The van der Waals surface area contributed by atoms with Crippen molar-refractivity contribution in [1.82, 2.24) is 0 Å². The highest BCUT2D eigenvalue weighted by Gasteiger charge is 2.26. The van der Waals surface area contributed by atoms with Gasteiger partial charge < -0.3 is 10.1 Å². The molecule has 1 N–H and O–H groups in total. The van der Waals surface area contributed by atoms with Crippen LogP contribution in [0.5, 0.6) is 0 Å². The molecular formula is C16H12FN3O7. The highest BCUT2D eigenvalue weighted by atomic mass is 19.1.